The maximum absolute atomic E-state index is 11.3. The molecule has 0 spiro atoms. The molecular formula is C8H14ClNO3. The van der Waals surface area contributed by atoms with Crippen LogP contribution in [0.25, 0.3) is 0 Å². The molecular weight excluding hydrogens is 194 g/mol. The van der Waals surface area contributed by atoms with E-state index in [0.29, 0.717) is 0 Å². The lowest BCUT2D eigenvalue weighted by Crippen LogP contribution is -2.40. The topological polar surface area (TPSA) is 55.4 Å². The standard InChI is InChI=1S/C8H14ClNO3/c1-8(2,5-9)7(12)10-4-6(11)13-3/h4-5H2,1-3H3,(H,10,12). The summed E-state index contributed by atoms with van der Waals surface area (Å²) in [5.41, 5.74) is -0.657. The first-order chi connectivity index (χ1) is 5.94. The Kier molecular flexibility index (Phi) is 4.77. The Morgan fingerprint density at radius 1 is 1.46 bits per heavy atom. The van der Waals surface area contributed by atoms with E-state index in [1.165, 1.54) is 7.11 Å². The maximum atomic E-state index is 11.3. The molecule has 0 saturated carbocycles. The van der Waals surface area contributed by atoms with E-state index in [1.54, 1.807) is 13.8 Å². The summed E-state index contributed by atoms with van der Waals surface area (Å²) in [6.07, 6.45) is 0. The van der Waals surface area contributed by atoms with Gasteiger partial charge in [0.05, 0.1) is 12.5 Å². The number of rotatable bonds is 4. The molecule has 0 aromatic carbocycles. The van der Waals surface area contributed by atoms with Crippen LogP contribution in [0.3, 0.4) is 0 Å². The lowest BCUT2D eigenvalue weighted by atomic mass is 9.95. The van der Waals surface area contributed by atoms with E-state index in [0.717, 1.165) is 0 Å². The normalized spacial score (nSPS) is 10.8. The molecule has 0 aliphatic heterocycles. The quantitative estimate of drug-likeness (QED) is 0.541. The van der Waals surface area contributed by atoms with Crippen LogP contribution in [0.15, 0.2) is 0 Å². The van der Waals surface area contributed by atoms with Crippen molar-refractivity contribution < 1.29 is 14.3 Å². The molecule has 0 aromatic rings. The summed E-state index contributed by atoms with van der Waals surface area (Å²) in [5.74, 6) is -0.522. The summed E-state index contributed by atoms with van der Waals surface area (Å²) >= 11 is 5.56. The van der Waals surface area contributed by atoms with Gasteiger partial charge in [-0.25, -0.2) is 0 Å². The zero-order valence-corrected chi connectivity index (χ0v) is 8.77. The molecule has 13 heavy (non-hydrogen) atoms. The third kappa shape index (κ3) is 4.12. The van der Waals surface area contributed by atoms with Crippen LogP contribution in [-0.2, 0) is 14.3 Å². The van der Waals surface area contributed by atoms with E-state index in [9.17, 15) is 9.59 Å². The molecule has 0 radical (unpaired) electrons. The van der Waals surface area contributed by atoms with Crippen LogP contribution >= 0.6 is 11.6 Å². The van der Waals surface area contributed by atoms with E-state index in [-0.39, 0.29) is 18.3 Å². The Balaban J connectivity index is 3.95. The zero-order chi connectivity index (χ0) is 10.5. The fraction of sp³-hybridized carbons (Fsp3) is 0.750. The molecule has 0 aliphatic rings. The van der Waals surface area contributed by atoms with Crippen molar-refractivity contribution in [3.05, 3.63) is 0 Å². The number of alkyl halides is 1. The molecule has 5 heteroatoms. The minimum atomic E-state index is -0.657. The Morgan fingerprint density at radius 2 is 2.00 bits per heavy atom. The fourth-order valence-electron chi connectivity index (χ4n) is 0.525. The smallest absolute Gasteiger partial charge is 0.325 e. The Hall–Kier alpha value is -0.770. The fourth-order valence-corrected chi connectivity index (χ4v) is 0.646. The molecule has 4 nitrogen and oxygen atoms in total. The van der Waals surface area contributed by atoms with Crippen molar-refractivity contribution in [1.82, 2.24) is 5.32 Å². The van der Waals surface area contributed by atoms with Gasteiger partial charge >= 0.3 is 5.97 Å². The highest BCUT2D eigenvalue weighted by molar-refractivity contribution is 6.19. The van der Waals surface area contributed by atoms with Crippen molar-refractivity contribution in [1.29, 1.82) is 0 Å². The molecule has 0 fully saturated rings. The van der Waals surface area contributed by atoms with Crippen LogP contribution in [-0.4, -0.2) is 31.4 Å². The summed E-state index contributed by atoms with van der Waals surface area (Å²) in [5, 5.41) is 2.43. The molecule has 0 atom stereocenters. The van der Waals surface area contributed by atoms with Gasteiger partial charge in [-0.1, -0.05) is 0 Å². The van der Waals surface area contributed by atoms with Gasteiger partial charge < -0.3 is 10.1 Å². The number of hydrogen-bond donors (Lipinski definition) is 1. The number of halogens is 1. The predicted molar refractivity (Wildman–Crippen MR) is 49.5 cm³/mol. The van der Waals surface area contributed by atoms with Gasteiger partial charge in [0.15, 0.2) is 0 Å². The van der Waals surface area contributed by atoms with Crippen LogP contribution in [0.1, 0.15) is 13.8 Å². The number of nitrogens with one attached hydrogen (secondary N) is 1. The minimum Gasteiger partial charge on any atom is -0.468 e. The lowest BCUT2D eigenvalue weighted by Gasteiger charge is -2.19. The second-order valence-electron chi connectivity index (χ2n) is 3.28. The number of ether oxygens (including phenoxy) is 1. The first-order valence-electron chi connectivity index (χ1n) is 3.85. The molecule has 0 rings (SSSR count). The van der Waals surface area contributed by atoms with Crippen molar-refractivity contribution in [3.63, 3.8) is 0 Å². The zero-order valence-electron chi connectivity index (χ0n) is 8.02. The van der Waals surface area contributed by atoms with E-state index < -0.39 is 11.4 Å². The number of amides is 1. The van der Waals surface area contributed by atoms with Crippen LogP contribution < -0.4 is 5.32 Å². The highest BCUT2D eigenvalue weighted by Gasteiger charge is 2.26. The van der Waals surface area contributed by atoms with Gasteiger partial charge in [-0.2, -0.15) is 0 Å². The Labute approximate surface area is 82.6 Å². The number of esters is 1. The minimum absolute atomic E-state index is 0.115. The number of hydrogen-bond acceptors (Lipinski definition) is 3. The van der Waals surface area contributed by atoms with Gasteiger partial charge in [-0.15, -0.1) is 11.6 Å². The maximum Gasteiger partial charge on any atom is 0.325 e. The van der Waals surface area contributed by atoms with Crippen molar-refractivity contribution in [2.75, 3.05) is 19.5 Å². The average molecular weight is 208 g/mol. The average Bonchev–Trinajstić information content (AvgIpc) is 2.13. The molecule has 76 valence electrons. The third-order valence-corrected chi connectivity index (χ3v) is 2.24. The van der Waals surface area contributed by atoms with Gasteiger partial charge in [0.2, 0.25) is 5.91 Å². The van der Waals surface area contributed by atoms with E-state index in [4.69, 9.17) is 11.6 Å². The van der Waals surface area contributed by atoms with E-state index in [2.05, 4.69) is 10.1 Å². The second-order valence-corrected chi connectivity index (χ2v) is 3.54. The summed E-state index contributed by atoms with van der Waals surface area (Å²) < 4.78 is 4.36. The number of carbonyl (C=O) groups excluding carboxylic acids is 2. The van der Waals surface area contributed by atoms with Crippen LogP contribution in [0.4, 0.5) is 0 Å². The third-order valence-electron chi connectivity index (χ3n) is 1.57. The van der Waals surface area contributed by atoms with Gasteiger partial charge in [-0.3, -0.25) is 9.59 Å². The lowest BCUT2D eigenvalue weighted by molar-refractivity contribution is -0.142. The second kappa shape index (κ2) is 5.07. The molecule has 0 aliphatic carbocycles. The SMILES string of the molecule is COC(=O)CNC(=O)C(C)(C)CCl. The Bertz CT molecular complexity index is 204. The summed E-state index contributed by atoms with van der Waals surface area (Å²) in [4.78, 5) is 22.0. The van der Waals surface area contributed by atoms with Crippen molar-refractivity contribution in [3.8, 4) is 0 Å². The first-order valence-corrected chi connectivity index (χ1v) is 4.38. The van der Waals surface area contributed by atoms with Crippen LogP contribution in [0, 0.1) is 5.41 Å². The van der Waals surface area contributed by atoms with Gasteiger partial charge in [-0.05, 0) is 13.8 Å². The van der Waals surface area contributed by atoms with Crippen LogP contribution in [0.5, 0.6) is 0 Å². The predicted octanol–water partition coefficient (Wildman–Crippen LogP) is 0.541. The highest BCUT2D eigenvalue weighted by atomic mass is 35.5. The number of methoxy groups -OCH3 is 1. The van der Waals surface area contributed by atoms with Crippen molar-refractivity contribution >= 4 is 23.5 Å². The largest absolute Gasteiger partial charge is 0.468 e. The van der Waals surface area contributed by atoms with Gasteiger partial charge in [0.25, 0.3) is 0 Å². The summed E-state index contributed by atoms with van der Waals surface area (Å²) in [6, 6.07) is 0. The van der Waals surface area contributed by atoms with E-state index in [1.807, 2.05) is 0 Å². The van der Waals surface area contributed by atoms with Crippen molar-refractivity contribution in [2.24, 2.45) is 5.41 Å². The molecule has 1 N–H and O–H groups in total. The number of carbonyl (C=O) groups is 2. The van der Waals surface area contributed by atoms with Crippen molar-refractivity contribution in [2.45, 2.75) is 13.8 Å². The Morgan fingerprint density at radius 3 is 2.38 bits per heavy atom. The summed E-state index contributed by atoms with van der Waals surface area (Å²) in [7, 11) is 1.27. The van der Waals surface area contributed by atoms with Gasteiger partial charge in [0, 0.05) is 5.88 Å². The molecule has 0 aromatic heterocycles. The van der Waals surface area contributed by atoms with E-state index >= 15 is 0 Å². The molecule has 0 saturated heterocycles. The first kappa shape index (κ1) is 12.2. The van der Waals surface area contributed by atoms with Gasteiger partial charge in [0.1, 0.15) is 6.54 Å². The molecule has 0 bridgehead atoms. The summed E-state index contributed by atoms with van der Waals surface area (Å²) in [6.45, 7) is 3.29. The monoisotopic (exact) mass is 207 g/mol. The molecule has 0 heterocycles. The molecule has 1 amide bonds. The van der Waals surface area contributed by atoms with Crippen LogP contribution in [0.2, 0.25) is 0 Å². The highest BCUT2D eigenvalue weighted by Crippen LogP contribution is 2.16. The molecule has 0 unspecified atom stereocenters.